The molecule has 0 amide bonds. The minimum absolute atomic E-state index is 0. The van der Waals surface area contributed by atoms with E-state index < -0.39 is 0 Å². The molecule has 1 aromatic rings. The molecule has 132 valence electrons. The van der Waals surface area contributed by atoms with Gasteiger partial charge in [-0.25, -0.2) is 0 Å². The van der Waals surface area contributed by atoms with Gasteiger partial charge >= 0.3 is 0 Å². The molecule has 1 heterocycles. The Bertz CT molecular complexity index is 763. The topological polar surface area (TPSA) is 52.5 Å². The summed E-state index contributed by atoms with van der Waals surface area (Å²) in [5.41, 5.74) is 4.12. The Morgan fingerprint density at radius 3 is 2.68 bits per heavy atom. The molecule has 1 unspecified atom stereocenters. The maximum atomic E-state index is 10.4. The van der Waals surface area contributed by atoms with E-state index in [0.29, 0.717) is 29.7 Å². The first-order valence-electron chi connectivity index (χ1n) is 8.68. The highest BCUT2D eigenvalue weighted by atomic mass is 79.9. The second kappa shape index (κ2) is 7.22. The van der Waals surface area contributed by atoms with Crippen molar-refractivity contribution >= 4 is 17.0 Å². The third-order valence-corrected chi connectivity index (χ3v) is 5.42. The smallest absolute Gasteiger partial charge is 0.126 e. The van der Waals surface area contributed by atoms with Gasteiger partial charge in [-0.2, -0.15) is 0 Å². The van der Waals surface area contributed by atoms with Crippen molar-refractivity contribution in [2.45, 2.75) is 37.8 Å². The van der Waals surface area contributed by atoms with Gasteiger partial charge in [-0.15, -0.1) is 23.6 Å². The summed E-state index contributed by atoms with van der Waals surface area (Å²) >= 11 is 0. The summed E-state index contributed by atoms with van der Waals surface area (Å²) in [5, 5.41) is 24.5. The molecule has 0 fully saturated rings. The van der Waals surface area contributed by atoms with Gasteiger partial charge in [0.2, 0.25) is 0 Å². The van der Waals surface area contributed by atoms with Crippen molar-refractivity contribution in [3.63, 3.8) is 0 Å². The van der Waals surface area contributed by atoms with Crippen molar-refractivity contribution in [3.8, 4) is 0 Å². The Morgan fingerprint density at radius 1 is 1.20 bits per heavy atom. The molecule has 1 aromatic carbocycles. The first kappa shape index (κ1) is 18.0. The standard InChI is InChI=1S/C21H23NO2.BrH/c1-2-6-15-11-14-9-10-17(23)20-18(24)12-16(19(14)20)21(22-15)13-7-4-3-5-8-13;/h2-5,7-8,12,14-15,21-24H,1,6,9-11H2;1H/t14?,15-,21+;/m0./s1. The normalized spacial score (nSPS) is 28.0. The number of hydrogen-bond acceptors (Lipinski definition) is 3. The van der Waals surface area contributed by atoms with Crippen LogP contribution in [0.1, 0.15) is 37.3 Å². The quantitative estimate of drug-likeness (QED) is 0.608. The maximum absolute atomic E-state index is 10.4. The van der Waals surface area contributed by atoms with Crippen molar-refractivity contribution < 1.29 is 10.2 Å². The van der Waals surface area contributed by atoms with Gasteiger partial charge < -0.3 is 15.5 Å². The number of hydrogen-bond donors (Lipinski definition) is 3. The average molecular weight is 402 g/mol. The zero-order chi connectivity index (χ0) is 16.7. The van der Waals surface area contributed by atoms with Crippen molar-refractivity contribution in [1.29, 1.82) is 0 Å². The Hall–Kier alpha value is -1.78. The van der Waals surface area contributed by atoms with E-state index in [1.54, 1.807) is 0 Å². The van der Waals surface area contributed by atoms with Gasteiger partial charge in [-0.1, -0.05) is 36.4 Å². The van der Waals surface area contributed by atoms with Crippen LogP contribution in [0.4, 0.5) is 0 Å². The number of nitrogens with one attached hydrogen (secondary N) is 1. The van der Waals surface area contributed by atoms with Crippen molar-refractivity contribution in [2.75, 3.05) is 0 Å². The molecule has 3 aliphatic rings. The molecule has 2 aliphatic carbocycles. The zero-order valence-corrected chi connectivity index (χ0v) is 15.8. The van der Waals surface area contributed by atoms with Gasteiger partial charge in [0, 0.05) is 12.5 Å². The SMILES string of the molecule is Br.C=CC[C@H]1CC2CCC(O)=C3C(O)=CC(=C32)[C@@H](c2ccccc2)N1. The van der Waals surface area contributed by atoms with Crippen LogP contribution in [0.15, 0.2) is 77.3 Å². The summed E-state index contributed by atoms with van der Waals surface area (Å²) in [6, 6.07) is 10.7. The van der Waals surface area contributed by atoms with Gasteiger partial charge in [0.05, 0.1) is 11.6 Å². The lowest BCUT2D eigenvalue weighted by molar-refractivity contribution is 0.321. The Labute approximate surface area is 159 Å². The molecule has 0 saturated carbocycles. The lowest BCUT2D eigenvalue weighted by Crippen LogP contribution is -2.33. The molecule has 3 nitrogen and oxygen atoms in total. The van der Waals surface area contributed by atoms with E-state index in [9.17, 15) is 10.2 Å². The molecule has 0 bridgehead atoms. The van der Waals surface area contributed by atoms with Gasteiger partial charge in [-0.3, -0.25) is 0 Å². The summed E-state index contributed by atoms with van der Waals surface area (Å²) in [6.45, 7) is 3.90. The predicted molar refractivity (Wildman–Crippen MR) is 106 cm³/mol. The monoisotopic (exact) mass is 401 g/mol. The third kappa shape index (κ3) is 3.09. The fourth-order valence-electron chi connectivity index (χ4n) is 4.40. The Balaban J connectivity index is 0.00000182. The molecule has 4 rings (SSSR count). The summed E-state index contributed by atoms with van der Waals surface area (Å²) < 4.78 is 0. The molecule has 4 heteroatoms. The first-order chi connectivity index (χ1) is 11.7. The van der Waals surface area contributed by atoms with Crippen LogP contribution in [0.3, 0.4) is 0 Å². The number of rotatable bonds is 3. The van der Waals surface area contributed by atoms with Gasteiger partial charge in [-0.05, 0) is 48.0 Å². The zero-order valence-electron chi connectivity index (χ0n) is 14.1. The highest BCUT2D eigenvalue weighted by Crippen LogP contribution is 2.49. The largest absolute Gasteiger partial charge is 0.512 e. The molecule has 3 atom stereocenters. The van der Waals surface area contributed by atoms with Crippen LogP contribution in [0.5, 0.6) is 0 Å². The summed E-state index contributed by atoms with van der Waals surface area (Å²) in [7, 11) is 0. The molecule has 1 aliphatic heterocycles. The van der Waals surface area contributed by atoms with E-state index in [-0.39, 0.29) is 28.8 Å². The number of aliphatic hydroxyl groups excluding tert-OH is 2. The fourth-order valence-corrected chi connectivity index (χ4v) is 4.40. The number of benzene rings is 1. The summed E-state index contributed by atoms with van der Waals surface area (Å²) in [4.78, 5) is 0. The number of aliphatic hydroxyl groups is 2. The van der Waals surface area contributed by atoms with Crippen molar-refractivity contribution in [2.24, 2.45) is 5.92 Å². The van der Waals surface area contributed by atoms with Gasteiger partial charge in [0.25, 0.3) is 0 Å². The van der Waals surface area contributed by atoms with E-state index in [1.165, 1.54) is 5.56 Å². The molecule has 3 N–H and O–H groups in total. The van der Waals surface area contributed by atoms with Crippen LogP contribution >= 0.6 is 17.0 Å². The van der Waals surface area contributed by atoms with E-state index in [4.69, 9.17) is 0 Å². The second-order valence-electron chi connectivity index (χ2n) is 6.92. The summed E-state index contributed by atoms with van der Waals surface area (Å²) in [6.07, 6.45) is 7.32. The Morgan fingerprint density at radius 2 is 1.96 bits per heavy atom. The minimum Gasteiger partial charge on any atom is -0.512 e. The van der Waals surface area contributed by atoms with Crippen LogP contribution in [0.2, 0.25) is 0 Å². The van der Waals surface area contributed by atoms with Crippen molar-refractivity contribution in [1.82, 2.24) is 5.32 Å². The lowest BCUT2D eigenvalue weighted by Gasteiger charge is -2.27. The van der Waals surface area contributed by atoms with Crippen LogP contribution in [0, 0.1) is 5.92 Å². The van der Waals surface area contributed by atoms with Crippen LogP contribution in [0.25, 0.3) is 0 Å². The van der Waals surface area contributed by atoms with Gasteiger partial charge in [0.15, 0.2) is 0 Å². The molecule has 0 spiro atoms. The highest BCUT2D eigenvalue weighted by Gasteiger charge is 2.40. The van der Waals surface area contributed by atoms with Crippen LogP contribution in [-0.4, -0.2) is 16.3 Å². The molecule has 0 radical (unpaired) electrons. The first-order valence-corrected chi connectivity index (χ1v) is 8.68. The molecular weight excluding hydrogens is 378 g/mol. The molecular formula is C21H24BrNO2. The highest BCUT2D eigenvalue weighted by molar-refractivity contribution is 8.93. The molecule has 25 heavy (non-hydrogen) atoms. The van der Waals surface area contributed by atoms with E-state index in [0.717, 1.165) is 30.4 Å². The number of allylic oxidation sites excluding steroid dienone is 2. The lowest BCUT2D eigenvalue weighted by atomic mass is 9.78. The predicted octanol–water partition coefficient (Wildman–Crippen LogP) is 5.22. The Kier molecular flexibility index (Phi) is 5.21. The number of halogens is 1. The van der Waals surface area contributed by atoms with Gasteiger partial charge in [0.1, 0.15) is 11.5 Å². The van der Waals surface area contributed by atoms with Crippen LogP contribution < -0.4 is 5.32 Å². The average Bonchev–Trinajstić information content (AvgIpc) is 2.86. The van der Waals surface area contributed by atoms with Crippen LogP contribution in [-0.2, 0) is 0 Å². The van der Waals surface area contributed by atoms with E-state index in [2.05, 4.69) is 24.0 Å². The van der Waals surface area contributed by atoms with Crippen molar-refractivity contribution in [3.05, 3.63) is 82.9 Å². The fraction of sp³-hybridized carbons (Fsp3) is 0.333. The summed E-state index contributed by atoms with van der Waals surface area (Å²) in [5.74, 6) is 0.920. The molecule has 0 aromatic heterocycles. The van der Waals surface area contributed by atoms with E-state index >= 15 is 0 Å². The minimum atomic E-state index is 0. The second-order valence-corrected chi connectivity index (χ2v) is 6.92. The third-order valence-electron chi connectivity index (χ3n) is 5.42. The molecule has 0 saturated heterocycles. The van der Waals surface area contributed by atoms with E-state index in [1.807, 2.05) is 30.4 Å². The maximum Gasteiger partial charge on any atom is 0.126 e.